The molecule has 0 atom stereocenters. The first-order chi connectivity index (χ1) is 15.7. The van der Waals surface area contributed by atoms with Gasteiger partial charge in [0, 0.05) is 17.7 Å². The number of nitrogens with one attached hydrogen (secondary N) is 1. The number of nitrogens with zero attached hydrogens (tertiary/aromatic N) is 5. The third-order valence-corrected chi connectivity index (χ3v) is 4.28. The predicted octanol–water partition coefficient (Wildman–Crippen LogP) is 4.91. The molecular weight excluding hydrogens is 444 g/mol. The minimum atomic E-state index is -0.964. The summed E-state index contributed by atoms with van der Waals surface area (Å²) in [5.74, 6) is 0.224. The summed E-state index contributed by atoms with van der Waals surface area (Å²) in [5.41, 5.74) is -0.596. The van der Waals surface area contributed by atoms with Crippen LogP contribution in [0.15, 0.2) is 24.3 Å². The van der Waals surface area contributed by atoms with Crippen molar-refractivity contribution >= 4 is 34.7 Å². The number of rotatable bonds is 3. The molecule has 0 unspecified atom stereocenters. The summed E-state index contributed by atoms with van der Waals surface area (Å²) in [5, 5.41) is 18.1. The number of fused-ring (bicyclic) bond motifs is 1. The number of benzene rings is 1. The number of amides is 2. The molecule has 0 saturated carbocycles. The van der Waals surface area contributed by atoms with Gasteiger partial charge in [-0.05, 0) is 60.6 Å². The highest BCUT2D eigenvalue weighted by atomic mass is 16.6. The molecule has 0 saturated heterocycles. The maximum atomic E-state index is 13.0. The fourth-order valence-corrected chi connectivity index (χ4v) is 2.97. The lowest BCUT2D eigenvalue weighted by molar-refractivity contribution is -0.384. The van der Waals surface area contributed by atoms with Gasteiger partial charge in [-0.15, -0.1) is 0 Å². The van der Waals surface area contributed by atoms with Crippen molar-refractivity contribution in [1.82, 2.24) is 20.2 Å². The van der Waals surface area contributed by atoms with Gasteiger partial charge in [0.15, 0.2) is 17.3 Å². The first-order valence-corrected chi connectivity index (χ1v) is 10.4. The van der Waals surface area contributed by atoms with E-state index in [1.165, 1.54) is 24.3 Å². The molecule has 3 aromatic rings. The van der Waals surface area contributed by atoms with E-state index in [2.05, 4.69) is 20.2 Å². The molecule has 0 aliphatic heterocycles. The molecule has 0 aliphatic rings. The van der Waals surface area contributed by atoms with Gasteiger partial charge in [-0.1, -0.05) is 0 Å². The van der Waals surface area contributed by atoms with Crippen LogP contribution in [-0.2, 0) is 9.47 Å². The van der Waals surface area contributed by atoms with E-state index in [9.17, 15) is 19.7 Å². The highest BCUT2D eigenvalue weighted by Gasteiger charge is 2.36. The summed E-state index contributed by atoms with van der Waals surface area (Å²) < 4.78 is 10.8. The Morgan fingerprint density at radius 3 is 1.97 bits per heavy atom. The summed E-state index contributed by atoms with van der Waals surface area (Å²) in [6.45, 7) is 11.7. The number of aromatic amines is 1. The van der Waals surface area contributed by atoms with E-state index in [4.69, 9.17) is 9.47 Å². The average Bonchev–Trinajstić information content (AvgIpc) is 3.09. The first-order valence-electron chi connectivity index (χ1n) is 10.4. The maximum absolute atomic E-state index is 13.0. The average molecular weight is 470 g/mol. The molecule has 2 aromatic heterocycles. The number of H-pyrrole nitrogens is 1. The zero-order chi connectivity index (χ0) is 25.4. The van der Waals surface area contributed by atoms with Crippen LogP contribution in [0.1, 0.15) is 47.2 Å². The van der Waals surface area contributed by atoms with Gasteiger partial charge in [-0.2, -0.15) is 10.00 Å². The molecule has 2 amide bonds. The number of carbonyl (C=O) groups is 2. The van der Waals surface area contributed by atoms with Gasteiger partial charge < -0.3 is 9.47 Å². The van der Waals surface area contributed by atoms with E-state index in [1.807, 2.05) is 0 Å². The van der Waals surface area contributed by atoms with Crippen LogP contribution in [0.5, 0.6) is 0 Å². The van der Waals surface area contributed by atoms with Crippen molar-refractivity contribution in [1.29, 1.82) is 0 Å². The van der Waals surface area contributed by atoms with Gasteiger partial charge >= 0.3 is 12.2 Å². The summed E-state index contributed by atoms with van der Waals surface area (Å²) in [6.07, 6.45) is -1.93. The maximum Gasteiger partial charge on any atom is 0.425 e. The van der Waals surface area contributed by atoms with Gasteiger partial charge in [0.25, 0.3) is 5.69 Å². The number of nitro benzene ring substituents is 1. The van der Waals surface area contributed by atoms with Gasteiger partial charge in [-0.3, -0.25) is 15.2 Å². The molecule has 2 heterocycles. The first kappa shape index (κ1) is 24.6. The van der Waals surface area contributed by atoms with Crippen LogP contribution in [-0.4, -0.2) is 48.5 Å². The number of ether oxygens (including phenoxy) is 2. The third kappa shape index (κ3) is 5.45. The minimum Gasteiger partial charge on any atom is -0.443 e. The number of carbonyl (C=O) groups excluding carboxylic acids is 2. The summed E-state index contributed by atoms with van der Waals surface area (Å²) in [4.78, 5) is 45.9. The standard InChI is InChI=1S/C22H26N6O6/c1-12-15-17(24-16(23-12)13-8-10-14(11-9-13)28(31)32)25-26-18(15)27(19(29)33-21(2,3)4)20(30)34-22(5,6)7/h8-11H,1-7H3,(H,23,24,25,26). The van der Waals surface area contributed by atoms with Crippen LogP contribution >= 0.6 is 0 Å². The normalized spacial score (nSPS) is 11.9. The van der Waals surface area contributed by atoms with Crippen molar-refractivity contribution in [3.63, 3.8) is 0 Å². The van der Waals surface area contributed by atoms with Gasteiger partial charge in [0.05, 0.1) is 16.0 Å². The van der Waals surface area contributed by atoms with Crippen LogP contribution in [0.4, 0.5) is 21.1 Å². The van der Waals surface area contributed by atoms with Crippen molar-refractivity contribution in [3.05, 3.63) is 40.1 Å². The lowest BCUT2D eigenvalue weighted by atomic mass is 10.2. The van der Waals surface area contributed by atoms with E-state index in [1.54, 1.807) is 48.5 Å². The zero-order valence-electron chi connectivity index (χ0n) is 20.0. The van der Waals surface area contributed by atoms with E-state index in [0.717, 1.165) is 0 Å². The number of imide groups is 1. The van der Waals surface area contributed by atoms with Crippen LogP contribution in [0, 0.1) is 17.0 Å². The molecule has 0 radical (unpaired) electrons. The highest BCUT2D eigenvalue weighted by molar-refractivity contribution is 6.13. The Balaban J connectivity index is 2.09. The number of hydrogen-bond acceptors (Lipinski definition) is 9. The molecule has 34 heavy (non-hydrogen) atoms. The number of non-ortho nitro benzene ring substituents is 1. The van der Waals surface area contributed by atoms with E-state index in [0.29, 0.717) is 21.5 Å². The van der Waals surface area contributed by atoms with Crippen molar-refractivity contribution in [2.75, 3.05) is 4.90 Å². The largest absolute Gasteiger partial charge is 0.443 e. The Morgan fingerprint density at radius 2 is 1.50 bits per heavy atom. The Labute approximate surface area is 195 Å². The fourth-order valence-electron chi connectivity index (χ4n) is 2.97. The van der Waals surface area contributed by atoms with Crippen molar-refractivity contribution in [2.45, 2.75) is 59.7 Å². The quantitative estimate of drug-likeness (QED) is 0.415. The molecule has 1 N–H and O–H groups in total. The Bertz CT molecular complexity index is 1230. The lowest BCUT2D eigenvalue weighted by Crippen LogP contribution is -2.44. The van der Waals surface area contributed by atoms with Gasteiger partial charge in [-0.25, -0.2) is 19.6 Å². The summed E-state index contributed by atoms with van der Waals surface area (Å²) >= 11 is 0. The second-order valence-corrected chi connectivity index (χ2v) is 9.50. The molecule has 0 spiro atoms. The van der Waals surface area contributed by atoms with E-state index < -0.39 is 28.3 Å². The second kappa shape index (κ2) is 8.69. The zero-order valence-corrected chi connectivity index (χ0v) is 20.0. The van der Waals surface area contributed by atoms with Crippen LogP contribution in [0.2, 0.25) is 0 Å². The fraction of sp³-hybridized carbons (Fsp3) is 0.409. The predicted molar refractivity (Wildman–Crippen MR) is 123 cm³/mol. The van der Waals surface area contributed by atoms with Gasteiger partial charge in [0.1, 0.15) is 11.2 Å². The van der Waals surface area contributed by atoms with Crippen LogP contribution in [0.25, 0.3) is 22.4 Å². The number of anilines is 1. The summed E-state index contributed by atoms with van der Waals surface area (Å²) in [7, 11) is 0. The van der Waals surface area contributed by atoms with E-state index >= 15 is 0 Å². The van der Waals surface area contributed by atoms with E-state index in [-0.39, 0.29) is 23.0 Å². The topological polar surface area (TPSA) is 153 Å². The third-order valence-electron chi connectivity index (χ3n) is 4.28. The second-order valence-electron chi connectivity index (χ2n) is 9.50. The lowest BCUT2D eigenvalue weighted by Gasteiger charge is -2.27. The minimum absolute atomic E-state index is 0.0595. The molecule has 1 aromatic carbocycles. The molecule has 0 fully saturated rings. The summed E-state index contributed by atoms with van der Waals surface area (Å²) in [6, 6.07) is 5.76. The smallest absolute Gasteiger partial charge is 0.425 e. The number of aryl methyl sites for hydroxylation is 1. The number of hydrogen-bond donors (Lipinski definition) is 1. The van der Waals surface area contributed by atoms with Crippen LogP contribution < -0.4 is 4.90 Å². The molecule has 12 heteroatoms. The Hall–Kier alpha value is -4.09. The monoisotopic (exact) mass is 470 g/mol. The molecular formula is C22H26N6O6. The van der Waals surface area contributed by atoms with Crippen LogP contribution in [0.3, 0.4) is 0 Å². The Kier molecular flexibility index (Phi) is 6.27. The molecule has 3 rings (SSSR count). The van der Waals surface area contributed by atoms with Crippen molar-refractivity contribution < 1.29 is 24.0 Å². The highest BCUT2D eigenvalue weighted by Crippen LogP contribution is 2.30. The molecule has 0 aliphatic carbocycles. The van der Waals surface area contributed by atoms with Gasteiger partial charge in [0.2, 0.25) is 0 Å². The molecule has 0 bridgehead atoms. The van der Waals surface area contributed by atoms with Crippen molar-refractivity contribution in [3.8, 4) is 11.4 Å². The number of nitro groups is 1. The van der Waals surface area contributed by atoms with Crippen molar-refractivity contribution in [2.24, 2.45) is 0 Å². The Morgan fingerprint density at radius 1 is 0.971 bits per heavy atom. The molecule has 12 nitrogen and oxygen atoms in total. The SMILES string of the molecule is Cc1nc(-c2ccc([N+](=O)[O-])cc2)nc2[nH]nc(N(C(=O)OC(C)(C)C)C(=O)OC(C)(C)C)c12. The molecule has 180 valence electrons. The number of aromatic nitrogens is 4.